The average molecular weight is 288 g/mol. The number of ether oxygens (including phenoxy) is 1. The molecule has 0 amide bonds. The Labute approximate surface area is 122 Å². The molecule has 2 aromatic rings. The third-order valence-corrected chi connectivity index (χ3v) is 3.05. The van der Waals surface area contributed by atoms with Gasteiger partial charge in [-0.2, -0.15) is 0 Å². The number of aromatic hydroxyl groups is 1. The standard InChI is InChI=1S/C15H16N2O4/c1-21-15-8-12(4-7-14(15)18)10-16-9-11-2-5-13(6-3-11)17(19)20/h2-8,16,18H,9-10H2,1H3. The fraction of sp³-hybridized carbons (Fsp3) is 0.200. The molecule has 2 N–H and O–H groups in total. The number of methoxy groups -OCH3 is 1. The maximum Gasteiger partial charge on any atom is 0.269 e. The first-order chi connectivity index (χ1) is 10.1. The van der Waals surface area contributed by atoms with Gasteiger partial charge in [0.15, 0.2) is 11.5 Å². The summed E-state index contributed by atoms with van der Waals surface area (Å²) in [6.45, 7) is 1.20. The molecule has 0 aliphatic rings. The van der Waals surface area contributed by atoms with Gasteiger partial charge in [-0.15, -0.1) is 0 Å². The van der Waals surface area contributed by atoms with E-state index in [1.165, 1.54) is 19.2 Å². The largest absolute Gasteiger partial charge is 0.504 e. The summed E-state index contributed by atoms with van der Waals surface area (Å²) in [6, 6.07) is 11.6. The van der Waals surface area contributed by atoms with Crippen molar-refractivity contribution in [2.75, 3.05) is 7.11 Å². The lowest BCUT2D eigenvalue weighted by molar-refractivity contribution is -0.384. The summed E-state index contributed by atoms with van der Waals surface area (Å²) in [7, 11) is 1.50. The lowest BCUT2D eigenvalue weighted by atomic mass is 10.1. The molecule has 0 aliphatic carbocycles. The normalized spacial score (nSPS) is 10.3. The molecule has 0 aliphatic heterocycles. The van der Waals surface area contributed by atoms with Gasteiger partial charge in [-0.3, -0.25) is 10.1 Å². The predicted molar refractivity (Wildman–Crippen MR) is 78.3 cm³/mol. The number of phenols is 1. The van der Waals surface area contributed by atoms with Crippen LogP contribution < -0.4 is 10.1 Å². The van der Waals surface area contributed by atoms with Gasteiger partial charge in [-0.1, -0.05) is 18.2 Å². The van der Waals surface area contributed by atoms with Gasteiger partial charge in [0.25, 0.3) is 5.69 Å². The number of hydrogen-bond donors (Lipinski definition) is 2. The fourth-order valence-corrected chi connectivity index (χ4v) is 1.92. The first-order valence-electron chi connectivity index (χ1n) is 6.40. The molecule has 6 nitrogen and oxygen atoms in total. The smallest absolute Gasteiger partial charge is 0.269 e. The predicted octanol–water partition coefficient (Wildman–Crippen LogP) is 2.60. The molecule has 0 saturated carbocycles. The van der Waals surface area contributed by atoms with E-state index in [2.05, 4.69) is 5.32 Å². The molecule has 2 rings (SSSR count). The number of nitrogens with zero attached hydrogens (tertiary/aromatic N) is 1. The van der Waals surface area contributed by atoms with Gasteiger partial charge in [-0.05, 0) is 23.3 Å². The van der Waals surface area contributed by atoms with Crippen LogP contribution in [0.25, 0.3) is 0 Å². The number of benzene rings is 2. The summed E-state index contributed by atoms with van der Waals surface area (Å²) < 4.78 is 5.04. The number of nitrogens with one attached hydrogen (secondary N) is 1. The molecule has 0 unspecified atom stereocenters. The number of nitro groups is 1. The summed E-state index contributed by atoms with van der Waals surface area (Å²) in [5.41, 5.74) is 2.03. The third-order valence-electron chi connectivity index (χ3n) is 3.05. The zero-order chi connectivity index (χ0) is 15.2. The molecule has 110 valence electrons. The van der Waals surface area contributed by atoms with Gasteiger partial charge >= 0.3 is 0 Å². The van der Waals surface area contributed by atoms with Crippen molar-refractivity contribution in [1.82, 2.24) is 5.32 Å². The number of non-ortho nitro benzene ring substituents is 1. The van der Waals surface area contributed by atoms with Gasteiger partial charge in [-0.25, -0.2) is 0 Å². The molecular formula is C15H16N2O4. The first kappa shape index (κ1) is 14.8. The Bertz CT molecular complexity index is 626. The van der Waals surface area contributed by atoms with E-state index in [9.17, 15) is 15.2 Å². The minimum Gasteiger partial charge on any atom is -0.504 e. The quantitative estimate of drug-likeness (QED) is 0.630. The van der Waals surface area contributed by atoms with Gasteiger partial charge in [0.05, 0.1) is 12.0 Å². The maximum atomic E-state index is 10.6. The van der Waals surface area contributed by atoms with Crippen molar-refractivity contribution in [3.63, 3.8) is 0 Å². The van der Waals surface area contributed by atoms with Crippen molar-refractivity contribution in [2.24, 2.45) is 0 Å². The molecule has 0 heterocycles. The maximum absolute atomic E-state index is 10.6. The van der Waals surface area contributed by atoms with Gasteiger partial charge in [0.1, 0.15) is 0 Å². The molecule has 0 atom stereocenters. The molecule has 0 spiro atoms. The summed E-state index contributed by atoms with van der Waals surface area (Å²) in [6.07, 6.45) is 0. The Morgan fingerprint density at radius 3 is 2.38 bits per heavy atom. The van der Waals surface area contributed by atoms with Gasteiger partial charge in [0.2, 0.25) is 0 Å². The summed E-state index contributed by atoms with van der Waals surface area (Å²) in [5, 5.41) is 23.3. The van der Waals surface area contributed by atoms with Crippen molar-refractivity contribution in [3.8, 4) is 11.5 Å². The van der Waals surface area contributed by atoms with Crippen molar-refractivity contribution >= 4 is 5.69 Å². The molecular weight excluding hydrogens is 272 g/mol. The fourth-order valence-electron chi connectivity index (χ4n) is 1.92. The Hall–Kier alpha value is -2.60. The Balaban J connectivity index is 1.90. The summed E-state index contributed by atoms with van der Waals surface area (Å²) in [4.78, 5) is 10.1. The van der Waals surface area contributed by atoms with E-state index in [0.29, 0.717) is 18.8 Å². The Morgan fingerprint density at radius 1 is 1.14 bits per heavy atom. The SMILES string of the molecule is COc1cc(CNCc2ccc([N+](=O)[O-])cc2)ccc1O. The number of nitro benzene ring substituents is 1. The molecule has 2 aromatic carbocycles. The van der Waals surface area contributed by atoms with Crippen LogP contribution in [-0.2, 0) is 13.1 Å². The molecule has 0 fully saturated rings. The number of hydrogen-bond acceptors (Lipinski definition) is 5. The molecule has 21 heavy (non-hydrogen) atoms. The monoisotopic (exact) mass is 288 g/mol. The number of phenolic OH excluding ortho intramolecular Hbond substituents is 1. The molecule has 0 radical (unpaired) electrons. The minimum absolute atomic E-state index is 0.0852. The van der Waals surface area contributed by atoms with Crippen LogP contribution in [0.5, 0.6) is 11.5 Å². The second-order valence-electron chi connectivity index (χ2n) is 4.53. The summed E-state index contributed by atoms with van der Waals surface area (Å²) >= 11 is 0. The lowest BCUT2D eigenvalue weighted by Crippen LogP contribution is -2.12. The zero-order valence-corrected chi connectivity index (χ0v) is 11.6. The van der Waals surface area contributed by atoms with Crippen molar-refractivity contribution in [1.29, 1.82) is 0 Å². The average Bonchev–Trinajstić information content (AvgIpc) is 2.49. The molecule has 0 aromatic heterocycles. The molecule has 0 saturated heterocycles. The topological polar surface area (TPSA) is 84.6 Å². The first-order valence-corrected chi connectivity index (χ1v) is 6.40. The highest BCUT2D eigenvalue weighted by molar-refractivity contribution is 5.41. The second-order valence-corrected chi connectivity index (χ2v) is 4.53. The van der Waals surface area contributed by atoms with E-state index in [1.807, 2.05) is 0 Å². The van der Waals surface area contributed by atoms with Crippen molar-refractivity contribution in [2.45, 2.75) is 13.1 Å². The van der Waals surface area contributed by atoms with Crippen LogP contribution >= 0.6 is 0 Å². The van der Waals surface area contributed by atoms with Crippen LogP contribution in [0.1, 0.15) is 11.1 Å². The van der Waals surface area contributed by atoms with Crippen LogP contribution in [0.15, 0.2) is 42.5 Å². The molecule has 0 bridgehead atoms. The van der Waals surface area contributed by atoms with Crippen molar-refractivity contribution < 1.29 is 14.8 Å². The van der Waals surface area contributed by atoms with E-state index in [-0.39, 0.29) is 11.4 Å². The van der Waals surface area contributed by atoms with Crippen LogP contribution in [0.3, 0.4) is 0 Å². The van der Waals surface area contributed by atoms with Gasteiger partial charge < -0.3 is 15.2 Å². The minimum atomic E-state index is -0.417. The van der Waals surface area contributed by atoms with E-state index in [0.717, 1.165) is 11.1 Å². The van der Waals surface area contributed by atoms with E-state index in [1.54, 1.807) is 30.3 Å². The highest BCUT2D eigenvalue weighted by Gasteiger charge is 2.04. The van der Waals surface area contributed by atoms with Crippen LogP contribution in [0.2, 0.25) is 0 Å². The van der Waals surface area contributed by atoms with E-state index in [4.69, 9.17) is 4.74 Å². The Kier molecular flexibility index (Phi) is 4.73. The van der Waals surface area contributed by atoms with Crippen LogP contribution in [0, 0.1) is 10.1 Å². The number of rotatable bonds is 6. The van der Waals surface area contributed by atoms with E-state index >= 15 is 0 Å². The molecule has 6 heteroatoms. The lowest BCUT2D eigenvalue weighted by Gasteiger charge is -2.08. The third kappa shape index (κ3) is 3.93. The summed E-state index contributed by atoms with van der Waals surface area (Å²) in [5.74, 6) is 0.543. The Morgan fingerprint density at radius 2 is 1.76 bits per heavy atom. The highest BCUT2D eigenvalue weighted by atomic mass is 16.6. The van der Waals surface area contributed by atoms with Gasteiger partial charge in [0, 0.05) is 25.2 Å². The van der Waals surface area contributed by atoms with Crippen LogP contribution in [0.4, 0.5) is 5.69 Å². The highest BCUT2D eigenvalue weighted by Crippen LogP contribution is 2.26. The second kappa shape index (κ2) is 6.71. The van der Waals surface area contributed by atoms with E-state index < -0.39 is 4.92 Å². The van der Waals surface area contributed by atoms with Crippen LogP contribution in [-0.4, -0.2) is 17.1 Å². The zero-order valence-electron chi connectivity index (χ0n) is 11.6. The van der Waals surface area contributed by atoms with Crippen molar-refractivity contribution in [3.05, 3.63) is 63.7 Å².